The number of alkyl halides is 1. The van der Waals surface area contributed by atoms with Crippen molar-refractivity contribution < 1.29 is 4.39 Å². The molecule has 0 saturated heterocycles. The van der Waals surface area contributed by atoms with Crippen LogP contribution < -0.4 is 4.90 Å². The highest BCUT2D eigenvalue weighted by Crippen LogP contribution is 2.23. The normalized spacial score (nSPS) is 11.0. The van der Waals surface area contributed by atoms with Crippen molar-refractivity contribution in [2.45, 2.75) is 32.2 Å². The number of rotatable bonds is 5. The summed E-state index contributed by atoms with van der Waals surface area (Å²) in [5, 5.41) is 0. The second-order valence-electron chi connectivity index (χ2n) is 5.30. The highest BCUT2D eigenvalue weighted by molar-refractivity contribution is 6.17. The average Bonchev–Trinajstić information content (AvgIpc) is 2.48. The highest BCUT2D eigenvalue weighted by atomic mass is 35.5. The van der Waals surface area contributed by atoms with E-state index in [-0.39, 0.29) is 11.7 Å². The van der Waals surface area contributed by atoms with E-state index in [1.807, 2.05) is 31.9 Å². The summed E-state index contributed by atoms with van der Waals surface area (Å²) in [4.78, 5) is 10.8. The Kier molecular flexibility index (Phi) is 5.12. The van der Waals surface area contributed by atoms with Gasteiger partial charge in [-0.15, -0.1) is 11.6 Å². The lowest BCUT2D eigenvalue weighted by atomic mass is 10.2. The molecule has 1 heterocycles. The van der Waals surface area contributed by atoms with Crippen molar-refractivity contribution in [3.63, 3.8) is 0 Å². The molecule has 0 radical (unpaired) electrons. The monoisotopic (exact) mass is 307 g/mol. The number of hydrogen-bond donors (Lipinski definition) is 0. The van der Waals surface area contributed by atoms with Gasteiger partial charge in [-0.3, -0.25) is 0 Å². The maximum Gasteiger partial charge on any atom is 0.131 e. The Morgan fingerprint density at radius 1 is 1.29 bits per heavy atom. The first-order chi connectivity index (χ1) is 10.0. The van der Waals surface area contributed by atoms with Crippen LogP contribution in [0.4, 0.5) is 10.1 Å². The minimum absolute atomic E-state index is 0.212. The fraction of sp³-hybridized carbons (Fsp3) is 0.375. The first-order valence-corrected chi connectivity index (χ1v) is 7.42. The number of anilines is 1. The van der Waals surface area contributed by atoms with Crippen molar-refractivity contribution in [1.82, 2.24) is 9.97 Å². The molecule has 21 heavy (non-hydrogen) atoms. The lowest BCUT2D eigenvalue weighted by Gasteiger charge is -2.22. The number of benzene rings is 1. The Morgan fingerprint density at radius 3 is 2.62 bits per heavy atom. The van der Waals surface area contributed by atoms with Crippen LogP contribution in [0.2, 0.25) is 0 Å². The highest BCUT2D eigenvalue weighted by Gasteiger charge is 2.13. The van der Waals surface area contributed by atoms with Crippen LogP contribution in [0.5, 0.6) is 0 Å². The second-order valence-corrected chi connectivity index (χ2v) is 5.56. The second kappa shape index (κ2) is 6.85. The van der Waals surface area contributed by atoms with Gasteiger partial charge < -0.3 is 4.90 Å². The molecule has 0 aliphatic carbocycles. The van der Waals surface area contributed by atoms with Gasteiger partial charge in [0.05, 0.1) is 23.5 Å². The van der Waals surface area contributed by atoms with Crippen molar-refractivity contribution in [2.75, 3.05) is 11.9 Å². The first-order valence-electron chi connectivity index (χ1n) is 6.89. The maximum absolute atomic E-state index is 13.7. The number of halogens is 2. The Balaban J connectivity index is 2.26. The van der Waals surface area contributed by atoms with Gasteiger partial charge in [0.1, 0.15) is 11.6 Å². The van der Waals surface area contributed by atoms with Gasteiger partial charge in [0.2, 0.25) is 0 Å². The summed E-state index contributed by atoms with van der Waals surface area (Å²) in [7, 11) is 1.89. The molecule has 0 unspecified atom stereocenters. The first kappa shape index (κ1) is 15.7. The van der Waals surface area contributed by atoms with E-state index < -0.39 is 0 Å². The molecule has 0 aliphatic rings. The fourth-order valence-corrected chi connectivity index (χ4v) is 2.29. The van der Waals surface area contributed by atoms with Gasteiger partial charge in [-0.2, -0.15) is 0 Å². The number of aromatic nitrogens is 2. The predicted octanol–water partition coefficient (Wildman–Crippen LogP) is 4.11. The van der Waals surface area contributed by atoms with Crippen molar-refractivity contribution in [3.8, 4) is 0 Å². The van der Waals surface area contributed by atoms with Gasteiger partial charge in [0.25, 0.3) is 0 Å². The topological polar surface area (TPSA) is 29.0 Å². The summed E-state index contributed by atoms with van der Waals surface area (Å²) >= 11 is 6.00. The molecule has 112 valence electrons. The van der Waals surface area contributed by atoms with Crippen molar-refractivity contribution in [3.05, 3.63) is 53.4 Å². The van der Waals surface area contributed by atoms with E-state index in [4.69, 9.17) is 11.6 Å². The molecule has 0 aliphatic heterocycles. The molecule has 0 N–H and O–H groups in total. The van der Waals surface area contributed by atoms with Crippen LogP contribution in [0.3, 0.4) is 0 Å². The van der Waals surface area contributed by atoms with Crippen LogP contribution in [-0.4, -0.2) is 17.0 Å². The molecule has 1 aromatic carbocycles. The summed E-state index contributed by atoms with van der Waals surface area (Å²) in [5.74, 6) is 1.11. The Bertz CT molecular complexity index is 616. The molecule has 1 aromatic heterocycles. The van der Waals surface area contributed by atoms with Gasteiger partial charge in [-0.05, 0) is 6.07 Å². The summed E-state index contributed by atoms with van der Waals surface area (Å²) < 4.78 is 13.7. The third-order valence-corrected chi connectivity index (χ3v) is 3.54. The Labute approximate surface area is 129 Å². The lowest BCUT2D eigenvalue weighted by molar-refractivity contribution is 0.607. The third-order valence-electron chi connectivity index (χ3n) is 3.28. The Hall–Kier alpha value is -1.68. The van der Waals surface area contributed by atoms with Crippen LogP contribution >= 0.6 is 11.6 Å². The summed E-state index contributed by atoms with van der Waals surface area (Å²) in [6.07, 6.45) is 1.76. The van der Waals surface area contributed by atoms with E-state index in [2.05, 4.69) is 9.97 Å². The van der Waals surface area contributed by atoms with Crippen molar-refractivity contribution >= 4 is 17.3 Å². The van der Waals surface area contributed by atoms with E-state index in [1.54, 1.807) is 18.3 Å². The van der Waals surface area contributed by atoms with E-state index in [0.717, 1.165) is 17.2 Å². The van der Waals surface area contributed by atoms with Gasteiger partial charge in [-0.25, -0.2) is 14.4 Å². The summed E-state index contributed by atoms with van der Waals surface area (Å²) in [6, 6.07) is 6.75. The van der Waals surface area contributed by atoms with E-state index in [9.17, 15) is 4.39 Å². The average molecular weight is 308 g/mol. The molecule has 0 bridgehead atoms. The Morgan fingerprint density at radius 2 is 2.00 bits per heavy atom. The van der Waals surface area contributed by atoms with Crippen LogP contribution in [-0.2, 0) is 12.4 Å². The summed E-state index contributed by atoms with van der Waals surface area (Å²) in [6.45, 7) is 4.52. The van der Waals surface area contributed by atoms with Gasteiger partial charge in [-0.1, -0.05) is 32.0 Å². The zero-order valence-electron chi connectivity index (χ0n) is 12.5. The van der Waals surface area contributed by atoms with E-state index in [0.29, 0.717) is 18.0 Å². The zero-order valence-corrected chi connectivity index (χ0v) is 13.2. The lowest BCUT2D eigenvalue weighted by Crippen LogP contribution is -2.20. The smallest absolute Gasteiger partial charge is 0.131 e. The minimum atomic E-state index is -0.212. The number of nitrogens with zero attached hydrogens (tertiary/aromatic N) is 3. The van der Waals surface area contributed by atoms with E-state index >= 15 is 0 Å². The molecular formula is C16H19ClFN3. The molecule has 0 amide bonds. The molecule has 2 rings (SSSR count). The SMILES string of the molecule is CC(C)c1ncc(N(C)Cc2ccccc2F)c(CCl)n1. The van der Waals surface area contributed by atoms with Crippen LogP contribution in [0.25, 0.3) is 0 Å². The predicted molar refractivity (Wildman–Crippen MR) is 84.2 cm³/mol. The molecular weight excluding hydrogens is 289 g/mol. The van der Waals surface area contributed by atoms with Crippen LogP contribution in [0.15, 0.2) is 30.5 Å². The largest absolute Gasteiger partial charge is 0.367 e. The van der Waals surface area contributed by atoms with Gasteiger partial charge in [0, 0.05) is 25.1 Å². The molecule has 0 spiro atoms. The van der Waals surface area contributed by atoms with Crippen LogP contribution in [0.1, 0.15) is 36.8 Å². The van der Waals surface area contributed by atoms with Crippen LogP contribution in [0, 0.1) is 5.82 Å². The van der Waals surface area contributed by atoms with Gasteiger partial charge in [0.15, 0.2) is 0 Å². The quantitative estimate of drug-likeness (QED) is 0.778. The minimum Gasteiger partial charge on any atom is -0.367 e. The third kappa shape index (κ3) is 3.70. The zero-order chi connectivity index (χ0) is 15.4. The van der Waals surface area contributed by atoms with Crippen molar-refractivity contribution in [1.29, 1.82) is 0 Å². The molecule has 0 saturated carbocycles. The standard InChI is InChI=1S/C16H19ClFN3/c1-11(2)16-19-9-15(14(8-17)20-16)21(3)10-12-6-4-5-7-13(12)18/h4-7,9,11H,8,10H2,1-3H3. The van der Waals surface area contributed by atoms with Gasteiger partial charge >= 0.3 is 0 Å². The molecule has 2 aromatic rings. The maximum atomic E-state index is 13.7. The summed E-state index contributed by atoms with van der Waals surface area (Å²) in [5.41, 5.74) is 2.24. The molecule has 5 heteroatoms. The van der Waals surface area contributed by atoms with E-state index in [1.165, 1.54) is 6.07 Å². The van der Waals surface area contributed by atoms with Crippen molar-refractivity contribution in [2.24, 2.45) is 0 Å². The molecule has 0 atom stereocenters. The number of hydrogen-bond acceptors (Lipinski definition) is 3. The molecule has 3 nitrogen and oxygen atoms in total. The fourth-order valence-electron chi connectivity index (χ4n) is 2.09. The molecule has 0 fully saturated rings.